The number of rotatable bonds is 9. The van der Waals surface area contributed by atoms with Crippen molar-refractivity contribution in [1.82, 2.24) is 10.2 Å². The van der Waals surface area contributed by atoms with E-state index in [0.717, 1.165) is 51.9 Å². The lowest BCUT2D eigenvalue weighted by Gasteiger charge is -2.33. The first-order chi connectivity index (χ1) is 10.1. The van der Waals surface area contributed by atoms with E-state index in [9.17, 15) is 4.79 Å². The van der Waals surface area contributed by atoms with Crippen LogP contribution in [0.3, 0.4) is 0 Å². The highest BCUT2D eigenvalue weighted by Gasteiger charge is 2.33. The highest BCUT2D eigenvalue weighted by Crippen LogP contribution is 2.17. The molecule has 1 rings (SSSR count). The molecule has 0 aromatic rings. The van der Waals surface area contributed by atoms with Gasteiger partial charge in [-0.1, -0.05) is 6.92 Å². The monoisotopic (exact) mass is 300 g/mol. The molecular weight excluding hydrogens is 268 g/mol. The number of methoxy groups -OCH3 is 2. The lowest BCUT2D eigenvalue weighted by molar-refractivity contribution is -0.148. The predicted octanol–water partition coefficient (Wildman–Crippen LogP) is 1.81. The molecule has 2 atom stereocenters. The van der Waals surface area contributed by atoms with Crippen molar-refractivity contribution in [2.24, 2.45) is 0 Å². The Hall–Kier alpha value is -0.650. The van der Waals surface area contributed by atoms with Crippen LogP contribution in [0.25, 0.3) is 0 Å². The van der Waals surface area contributed by atoms with Crippen molar-refractivity contribution < 1.29 is 14.3 Å². The molecule has 5 nitrogen and oxygen atoms in total. The largest absolute Gasteiger partial charge is 0.468 e. The van der Waals surface area contributed by atoms with Gasteiger partial charge in [0.2, 0.25) is 0 Å². The van der Waals surface area contributed by atoms with Crippen LogP contribution in [0.15, 0.2) is 0 Å². The van der Waals surface area contributed by atoms with Gasteiger partial charge in [-0.25, -0.2) is 0 Å². The normalized spacial score (nSPS) is 22.8. The van der Waals surface area contributed by atoms with Crippen molar-refractivity contribution in [3.63, 3.8) is 0 Å². The van der Waals surface area contributed by atoms with E-state index >= 15 is 0 Å². The van der Waals surface area contributed by atoms with Gasteiger partial charge in [0.25, 0.3) is 0 Å². The lowest BCUT2D eigenvalue weighted by Crippen LogP contribution is -2.51. The quantitative estimate of drug-likeness (QED) is 0.658. The molecule has 0 spiro atoms. The van der Waals surface area contributed by atoms with Gasteiger partial charge in [0.1, 0.15) is 5.54 Å². The van der Waals surface area contributed by atoms with Gasteiger partial charge in [-0.05, 0) is 58.7 Å². The first-order valence-electron chi connectivity index (χ1n) is 8.14. The maximum absolute atomic E-state index is 12.0. The second-order valence-corrected chi connectivity index (χ2v) is 6.15. The molecule has 0 aliphatic carbocycles. The van der Waals surface area contributed by atoms with Gasteiger partial charge < -0.3 is 19.7 Å². The summed E-state index contributed by atoms with van der Waals surface area (Å²) in [4.78, 5) is 14.4. The second kappa shape index (κ2) is 9.38. The highest BCUT2D eigenvalue weighted by atomic mass is 16.5. The molecular formula is C16H32N2O3. The molecule has 1 aliphatic heterocycles. The van der Waals surface area contributed by atoms with E-state index in [1.54, 1.807) is 7.11 Å². The smallest absolute Gasteiger partial charge is 0.325 e. The van der Waals surface area contributed by atoms with E-state index in [1.165, 1.54) is 13.5 Å². The van der Waals surface area contributed by atoms with E-state index in [4.69, 9.17) is 9.47 Å². The van der Waals surface area contributed by atoms with Crippen molar-refractivity contribution in [1.29, 1.82) is 0 Å². The minimum Gasteiger partial charge on any atom is -0.468 e. The summed E-state index contributed by atoms with van der Waals surface area (Å²) in [7, 11) is 3.25. The van der Waals surface area contributed by atoms with E-state index in [2.05, 4.69) is 17.1 Å². The van der Waals surface area contributed by atoms with Crippen LogP contribution in [-0.4, -0.2) is 62.9 Å². The number of hydrogen-bond donors (Lipinski definition) is 1. The summed E-state index contributed by atoms with van der Waals surface area (Å²) in [5.74, 6) is -0.163. The molecule has 1 N–H and O–H groups in total. The van der Waals surface area contributed by atoms with Crippen molar-refractivity contribution in [3.05, 3.63) is 0 Å². The van der Waals surface area contributed by atoms with Crippen LogP contribution < -0.4 is 5.32 Å². The average Bonchev–Trinajstić information content (AvgIpc) is 2.52. The van der Waals surface area contributed by atoms with Crippen LogP contribution in [-0.2, 0) is 14.3 Å². The SMILES string of the molecule is CCCNC(C)(CCCN1CCCC(OC)C1)C(=O)OC. The fraction of sp³-hybridized carbons (Fsp3) is 0.938. The molecule has 1 aliphatic rings. The van der Waals surface area contributed by atoms with Crippen molar-refractivity contribution in [3.8, 4) is 0 Å². The summed E-state index contributed by atoms with van der Waals surface area (Å²) < 4.78 is 10.4. The Labute approximate surface area is 129 Å². The van der Waals surface area contributed by atoms with Gasteiger partial charge in [0, 0.05) is 13.7 Å². The fourth-order valence-electron chi connectivity index (χ4n) is 2.95. The zero-order chi connectivity index (χ0) is 15.7. The zero-order valence-electron chi connectivity index (χ0n) is 14.1. The molecule has 0 saturated carbocycles. The van der Waals surface area contributed by atoms with E-state index < -0.39 is 5.54 Å². The molecule has 21 heavy (non-hydrogen) atoms. The molecule has 1 heterocycles. The van der Waals surface area contributed by atoms with Crippen LogP contribution in [0.5, 0.6) is 0 Å². The molecule has 1 fully saturated rings. The van der Waals surface area contributed by atoms with Gasteiger partial charge in [-0.2, -0.15) is 0 Å². The Morgan fingerprint density at radius 1 is 1.43 bits per heavy atom. The summed E-state index contributed by atoms with van der Waals surface area (Å²) in [5.41, 5.74) is -0.568. The number of nitrogens with one attached hydrogen (secondary N) is 1. The Kier molecular flexibility index (Phi) is 8.22. The molecule has 0 aromatic carbocycles. The molecule has 0 aromatic heterocycles. The predicted molar refractivity (Wildman–Crippen MR) is 84.4 cm³/mol. The third kappa shape index (κ3) is 5.93. The zero-order valence-corrected chi connectivity index (χ0v) is 14.1. The number of nitrogens with zero attached hydrogens (tertiary/aromatic N) is 1. The van der Waals surface area contributed by atoms with Gasteiger partial charge in [0.05, 0.1) is 13.2 Å². The standard InChI is InChI=1S/C16H32N2O3/c1-5-10-17-16(2,15(19)21-4)9-7-12-18-11-6-8-14(13-18)20-3/h14,17H,5-13H2,1-4H3. The second-order valence-electron chi connectivity index (χ2n) is 6.15. The lowest BCUT2D eigenvalue weighted by atomic mass is 9.95. The first kappa shape index (κ1) is 18.4. The van der Waals surface area contributed by atoms with E-state index in [0.29, 0.717) is 6.10 Å². The number of ether oxygens (including phenoxy) is 2. The Balaban J connectivity index is 2.40. The number of hydrogen-bond acceptors (Lipinski definition) is 5. The third-order valence-electron chi connectivity index (χ3n) is 4.35. The summed E-state index contributed by atoms with van der Waals surface area (Å²) >= 11 is 0. The number of esters is 1. The minimum atomic E-state index is -0.568. The Bertz CT molecular complexity index is 312. The molecule has 5 heteroatoms. The third-order valence-corrected chi connectivity index (χ3v) is 4.35. The van der Waals surface area contributed by atoms with Crippen LogP contribution >= 0.6 is 0 Å². The average molecular weight is 300 g/mol. The van der Waals surface area contributed by atoms with Crippen LogP contribution in [0, 0.1) is 0 Å². The number of carbonyl (C=O) groups excluding carboxylic acids is 1. The van der Waals surface area contributed by atoms with Gasteiger partial charge in [-0.3, -0.25) is 4.79 Å². The minimum absolute atomic E-state index is 0.163. The molecule has 124 valence electrons. The summed E-state index contributed by atoms with van der Waals surface area (Å²) in [6.45, 7) is 8.04. The number of likely N-dealkylation sites (tertiary alicyclic amines) is 1. The summed E-state index contributed by atoms with van der Waals surface area (Å²) in [5, 5.41) is 3.34. The van der Waals surface area contributed by atoms with Crippen LogP contribution in [0.1, 0.15) is 46.0 Å². The fourth-order valence-corrected chi connectivity index (χ4v) is 2.95. The number of piperidine rings is 1. The molecule has 1 saturated heterocycles. The van der Waals surface area contributed by atoms with Gasteiger partial charge in [0.15, 0.2) is 0 Å². The van der Waals surface area contributed by atoms with Crippen molar-refractivity contribution in [2.45, 2.75) is 57.6 Å². The first-order valence-corrected chi connectivity index (χ1v) is 8.14. The van der Waals surface area contributed by atoms with E-state index in [-0.39, 0.29) is 5.97 Å². The highest BCUT2D eigenvalue weighted by molar-refractivity contribution is 5.80. The maximum atomic E-state index is 12.0. The molecule has 0 bridgehead atoms. The summed E-state index contributed by atoms with van der Waals surface area (Å²) in [6, 6.07) is 0. The molecule has 2 unspecified atom stereocenters. The maximum Gasteiger partial charge on any atom is 0.325 e. The van der Waals surface area contributed by atoms with E-state index in [1.807, 2.05) is 6.92 Å². The number of carbonyl (C=O) groups is 1. The van der Waals surface area contributed by atoms with Crippen molar-refractivity contribution in [2.75, 3.05) is 40.4 Å². The Morgan fingerprint density at radius 3 is 2.81 bits per heavy atom. The molecule has 0 amide bonds. The van der Waals surface area contributed by atoms with Gasteiger partial charge >= 0.3 is 5.97 Å². The van der Waals surface area contributed by atoms with Gasteiger partial charge in [-0.15, -0.1) is 0 Å². The Morgan fingerprint density at radius 2 is 2.19 bits per heavy atom. The van der Waals surface area contributed by atoms with Crippen molar-refractivity contribution >= 4 is 5.97 Å². The van der Waals surface area contributed by atoms with Crippen LogP contribution in [0.4, 0.5) is 0 Å². The topological polar surface area (TPSA) is 50.8 Å². The summed E-state index contributed by atoms with van der Waals surface area (Å²) in [6.07, 6.45) is 5.51. The molecule has 0 radical (unpaired) electrons. The van der Waals surface area contributed by atoms with Crippen LogP contribution in [0.2, 0.25) is 0 Å².